The topological polar surface area (TPSA) is 94.1 Å². The fourth-order valence-corrected chi connectivity index (χ4v) is 8.30. The van der Waals surface area contributed by atoms with Crippen LogP contribution in [0.3, 0.4) is 0 Å². The van der Waals surface area contributed by atoms with E-state index in [0.717, 1.165) is 50.2 Å². The Bertz CT molecular complexity index is 1430. The molecule has 1 aromatic carbocycles. The van der Waals surface area contributed by atoms with Crippen molar-refractivity contribution < 1.29 is 13.9 Å². The second-order valence-electron chi connectivity index (χ2n) is 11.7. The van der Waals surface area contributed by atoms with Crippen LogP contribution in [-0.2, 0) is 10.8 Å². The first-order chi connectivity index (χ1) is 20.1. The van der Waals surface area contributed by atoms with Gasteiger partial charge >= 0.3 is 0 Å². The summed E-state index contributed by atoms with van der Waals surface area (Å²) in [6.45, 7) is 2.14. The van der Waals surface area contributed by atoms with Crippen molar-refractivity contribution in [1.82, 2.24) is 28.1 Å². The average Bonchev–Trinajstić information content (AvgIpc) is 3.76. The van der Waals surface area contributed by atoms with Gasteiger partial charge in [0.15, 0.2) is 13.2 Å². The van der Waals surface area contributed by atoms with Crippen molar-refractivity contribution in [1.29, 1.82) is 0 Å². The zero-order valence-corrected chi connectivity index (χ0v) is 24.3. The quantitative estimate of drug-likeness (QED) is 0.417. The summed E-state index contributed by atoms with van der Waals surface area (Å²) >= 11 is 2.37. The van der Waals surface area contributed by atoms with Crippen molar-refractivity contribution in [2.24, 2.45) is 0 Å². The first-order valence-electron chi connectivity index (χ1n) is 14.3. The van der Waals surface area contributed by atoms with Crippen molar-refractivity contribution in [2.45, 2.75) is 74.3 Å². The van der Waals surface area contributed by atoms with Crippen LogP contribution in [0.1, 0.15) is 73.9 Å². The van der Waals surface area contributed by atoms with Crippen LogP contribution in [-0.4, -0.2) is 55.9 Å². The number of benzene rings is 1. The number of halogens is 1. The summed E-state index contributed by atoms with van der Waals surface area (Å²) in [5, 5.41) is 7.22. The molecule has 4 fully saturated rings. The van der Waals surface area contributed by atoms with Crippen molar-refractivity contribution in [3.8, 4) is 35.4 Å². The molecule has 0 radical (unpaired) electrons. The van der Waals surface area contributed by atoms with Gasteiger partial charge in [-0.1, -0.05) is 36.5 Å². The Hall–Kier alpha value is -3.09. The third kappa shape index (κ3) is 5.44. The summed E-state index contributed by atoms with van der Waals surface area (Å²) in [5.41, 5.74) is 3.01. The Labute approximate surface area is 247 Å². The number of hydrogen-bond acceptors (Lipinski definition) is 10. The predicted molar refractivity (Wildman–Crippen MR) is 155 cm³/mol. The predicted octanol–water partition coefficient (Wildman–Crippen LogP) is 3.96. The highest BCUT2D eigenvalue weighted by Crippen LogP contribution is 2.46. The van der Waals surface area contributed by atoms with Crippen molar-refractivity contribution in [3.05, 3.63) is 46.5 Å². The molecular formula is C30H31FN6O2S2. The highest BCUT2D eigenvalue weighted by Gasteiger charge is 2.47. The molecule has 8 nitrogen and oxygen atoms in total. The normalized spacial score (nSPS) is 27.9. The second-order valence-corrected chi connectivity index (χ2v) is 12.7. The van der Waals surface area contributed by atoms with Crippen molar-refractivity contribution in [3.63, 3.8) is 0 Å². The van der Waals surface area contributed by atoms with Crippen LogP contribution in [0.4, 0.5) is 4.39 Å². The minimum Gasteiger partial charge on any atom is -0.463 e. The molecule has 4 atom stereocenters. The van der Waals surface area contributed by atoms with Gasteiger partial charge in [0.25, 0.3) is 11.8 Å². The molecule has 2 aliphatic carbocycles. The fraction of sp³-hybridized carbons (Fsp3) is 0.533. The molecule has 0 spiro atoms. The van der Waals surface area contributed by atoms with Gasteiger partial charge < -0.3 is 20.1 Å². The van der Waals surface area contributed by atoms with Gasteiger partial charge in [0.2, 0.25) is 0 Å². The minimum absolute atomic E-state index is 0.0163. The molecule has 3 unspecified atom stereocenters. The Morgan fingerprint density at radius 2 is 1.29 bits per heavy atom. The molecule has 0 amide bonds. The number of ether oxygens (including phenoxy) is 2. The van der Waals surface area contributed by atoms with E-state index in [1.807, 2.05) is 0 Å². The maximum absolute atomic E-state index is 14.3. The minimum atomic E-state index is -0.390. The van der Waals surface area contributed by atoms with Crippen molar-refractivity contribution >= 4 is 23.5 Å². The largest absolute Gasteiger partial charge is 0.463 e. The number of nitrogens with one attached hydrogen (secondary N) is 2. The third-order valence-electron chi connectivity index (χ3n) is 9.00. The monoisotopic (exact) mass is 590 g/mol. The van der Waals surface area contributed by atoms with Crippen LogP contribution in [0.2, 0.25) is 0 Å². The SMILES string of the molecule is Fc1cc(C#CCOc2nsnc2C23CCCC(C2)NC3)cc(C#CCOc2nsnc2C23CCC[C@H](C2)NC3)c1. The molecule has 2 saturated heterocycles. The van der Waals surface area contributed by atoms with Gasteiger partial charge in [-0.2, -0.15) is 8.75 Å². The van der Waals surface area contributed by atoms with Gasteiger partial charge in [-0.3, -0.25) is 0 Å². The van der Waals surface area contributed by atoms with E-state index in [1.165, 1.54) is 61.3 Å². The maximum atomic E-state index is 14.3. The van der Waals surface area contributed by atoms with Crippen LogP contribution in [0.25, 0.3) is 0 Å². The molecule has 2 N–H and O–H groups in total. The zero-order chi connectivity index (χ0) is 27.7. The van der Waals surface area contributed by atoms with Gasteiger partial charge in [-0.25, -0.2) is 4.39 Å². The number of fused-ring (bicyclic) bond motifs is 4. The molecule has 3 aromatic rings. The molecule has 11 heteroatoms. The molecule has 4 heterocycles. The Kier molecular flexibility index (Phi) is 7.38. The first kappa shape index (κ1) is 26.8. The summed E-state index contributed by atoms with van der Waals surface area (Å²) in [6.07, 6.45) is 9.18. The summed E-state index contributed by atoms with van der Waals surface area (Å²) in [7, 11) is 0. The maximum Gasteiger partial charge on any atom is 0.250 e. The summed E-state index contributed by atoms with van der Waals surface area (Å²) in [4.78, 5) is 0. The van der Waals surface area contributed by atoms with Gasteiger partial charge in [-0.05, 0) is 56.7 Å². The number of hydrogen-bond donors (Lipinski definition) is 2. The highest BCUT2D eigenvalue weighted by molar-refractivity contribution is 6.99. The molecule has 212 valence electrons. The lowest BCUT2D eigenvalue weighted by Crippen LogP contribution is -2.30. The standard InChI is InChI=1S/C30H31FN6O2S2/c31-22-14-20(5-3-11-38-27-25(34-40-36-27)29-9-1-7-23(16-29)32-18-29)13-21(15-22)6-4-12-39-28-26(35-41-37-28)30-10-2-8-24(17-30)33-19-30/h13-15,23-24,32-33H,1-2,7-12,16-19H2/t23-,24?,29?,30?/m1/s1. The zero-order valence-electron chi connectivity index (χ0n) is 22.7. The van der Waals surface area contributed by atoms with E-state index < -0.39 is 0 Å². The van der Waals surface area contributed by atoms with E-state index in [1.54, 1.807) is 6.07 Å². The van der Waals surface area contributed by atoms with Crippen molar-refractivity contribution in [2.75, 3.05) is 26.3 Å². The van der Waals surface area contributed by atoms with Gasteiger partial charge in [0.1, 0.15) is 17.2 Å². The van der Waals surface area contributed by atoms with Crippen LogP contribution >= 0.6 is 23.5 Å². The summed E-state index contributed by atoms with van der Waals surface area (Å²) in [6, 6.07) is 5.69. The average molecular weight is 591 g/mol. The molecular weight excluding hydrogens is 560 g/mol. The number of rotatable bonds is 6. The summed E-state index contributed by atoms with van der Waals surface area (Å²) < 4.78 is 44.2. The number of aromatic nitrogens is 4. The molecule has 4 aliphatic rings. The molecule has 2 saturated carbocycles. The van der Waals surface area contributed by atoms with E-state index in [9.17, 15) is 4.39 Å². The van der Waals surface area contributed by atoms with E-state index in [-0.39, 0.29) is 29.9 Å². The van der Waals surface area contributed by atoms with Crippen LogP contribution < -0.4 is 20.1 Å². The Morgan fingerprint density at radius 1 is 0.780 bits per heavy atom. The third-order valence-corrected chi connectivity index (χ3v) is 10.0. The van der Waals surface area contributed by atoms with E-state index in [4.69, 9.17) is 9.47 Å². The number of nitrogens with zero attached hydrogens (tertiary/aromatic N) is 4. The lowest BCUT2D eigenvalue weighted by atomic mass is 9.73. The Balaban J connectivity index is 0.967. The molecule has 2 aromatic heterocycles. The van der Waals surface area contributed by atoms with E-state index in [2.05, 4.69) is 51.8 Å². The Morgan fingerprint density at radius 3 is 1.80 bits per heavy atom. The van der Waals surface area contributed by atoms with Crippen LogP contribution in [0, 0.1) is 29.5 Å². The summed E-state index contributed by atoms with van der Waals surface area (Å²) in [5.74, 6) is 12.7. The van der Waals surface area contributed by atoms with Gasteiger partial charge in [0, 0.05) is 47.1 Å². The lowest BCUT2D eigenvalue weighted by Gasteiger charge is -2.30. The molecule has 7 rings (SSSR count). The molecule has 41 heavy (non-hydrogen) atoms. The van der Waals surface area contributed by atoms with E-state index in [0.29, 0.717) is 35.0 Å². The molecule has 2 aliphatic heterocycles. The fourth-order valence-electron chi connectivity index (χ4n) is 7.09. The smallest absolute Gasteiger partial charge is 0.250 e. The van der Waals surface area contributed by atoms with Crippen LogP contribution in [0.5, 0.6) is 11.8 Å². The lowest BCUT2D eigenvalue weighted by molar-refractivity contribution is 0.308. The van der Waals surface area contributed by atoms with E-state index >= 15 is 0 Å². The highest BCUT2D eigenvalue weighted by atomic mass is 32.1. The second kappa shape index (κ2) is 11.3. The van der Waals surface area contributed by atoms with Gasteiger partial charge in [0.05, 0.1) is 23.5 Å². The van der Waals surface area contributed by atoms with Crippen LogP contribution in [0.15, 0.2) is 18.2 Å². The van der Waals surface area contributed by atoms with Gasteiger partial charge in [-0.15, -0.1) is 8.75 Å². The molecule has 4 bridgehead atoms. The first-order valence-corrected chi connectivity index (χ1v) is 15.7.